The van der Waals surface area contributed by atoms with E-state index in [2.05, 4.69) is 40.2 Å². The summed E-state index contributed by atoms with van der Waals surface area (Å²) in [6.07, 6.45) is 0. The molecule has 0 saturated heterocycles. The van der Waals surface area contributed by atoms with Gasteiger partial charge in [-0.1, -0.05) is 46.3 Å². The first-order chi connectivity index (χ1) is 6.83. The number of benzene rings is 2. The van der Waals surface area contributed by atoms with Crippen molar-refractivity contribution in [2.24, 2.45) is 0 Å². The SMILES string of the molecule is COCc1c(Br)ccc2ccccc12. The lowest BCUT2D eigenvalue weighted by Crippen LogP contribution is -1.90. The van der Waals surface area contributed by atoms with E-state index in [1.54, 1.807) is 7.11 Å². The van der Waals surface area contributed by atoms with Crippen LogP contribution in [0.4, 0.5) is 0 Å². The van der Waals surface area contributed by atoms with Gasteiger partial charge in [-0.25, -0.2) is 0 Å². The van der Waals surface area contributed by atoms with Gasteiger partial charge in [0.15, 0.2) is 0 Å². The minimum absolute atomic E-state index is 0.641. The summed E-state index contributed by atoms with van der Waals surface area (Å²) >= 11 is 3.54. The standard InChI is InChI=1S/C12H11BrO/c1-14-8-11-10-5-3-2-4-9(10)6-7-12(11)13/h2-7H,8H2,1H3. The Balaban J connectivity index is 2.69. The second kappa shape index (κ2) is 4.11. The van der Waals surface area contributed by atoms with Gasteiger partial charge in [0.1, 0.15) is 0 Å². The molecule has 0 aliphatic rings. The molecule has 2 aromatic rings. The third kappa shape index (κ3) is 1.68. The van der Waals surface area contributed by atoms with Crippen LogP contribution in [-0.4, -0.2) is 7.11 Å². The molecule has 0 saturated carbocycles. The fraction of sp³-hybridized carbons (Fsp3) is 0.167. The van der Waals surface area contributed by atoms with Crippen molar-refractivity contribution >= 4 is 26.7 Å². The van der Waals surface area contributed by atoms with Crippen LogP contribution in [-0.2, 0) is 11.3 Å². The zero-order valence-electron chi connectivity index (χ0n) is 7.96. The molecule has 2 rings (SSSR count). The van der Waals surface area contributed by atoms with Crippen LogP contribution in [0.1, 0.15) is 5.56 Å². The van der Waals surface area contributed by atoms with Crippen LogP contribution in [0.3, 0.4) is 0 Å². The van der Waals surface area contributed by atoms with E-state index in [0.29, 0.717) is 6.61 Å². The topological polar surface area (TPSA) is 9.23 Å². The lowest BCUT2D eigenvalue weighted by atomic mass is 10.1. The van der Waals surface area contributed by atoms with Crippen LogP contribution in [0.15, 0.2) is 40.9 Å². The second-order valence-corrected chi connectivity index (χ2v) is 4.03. The molecule has 1 nitrogen and oxygen atoms in total. The predicted molar refractivity (Wildman–Crippen MR) is 62.4 cm³/mol. The molecule has 0 radical (unpaired) electrons. The smallest absolute Gasteiger partial charge is 0.0730 e. The minimum atomic E-state index is 0.641. The first-order valence-corrected chi connectivity index (χ1v) is 5.27. The molecule has 0 unspecified atom stereocenters. The summed E-state index contributed by atoms with van der Waals surface area (Å²) in [5.41, 5.74) is 1.21. The Labute approximate surface area is 91.8 Å². The second-order valence-electron chi connectivity index (χ2n) is 3.18. The molecule has 72 valence electrons. The van der Waals surface area contributed by atoms with E-state index in [-0.39, 0.29) is 0 Å². The maximum absolute atomic E-state index is 5.19. The van der Waals surface area contributed by atoms with Gasteiger partial charge < -0.3 is 4.74 Å². The number of hydrogen-bond donors (Lipinski definition) is 0. The maximum Gasteiger partial charge on any atom is 0.0730 e. The Kier molecular flexibility index (Phi) is 2.85. The van der Waals surface area contributed by atoms with Crippen LogP contribution in [0.25, 0.3) is 10.8 Å². The van der Waals surface area contributed by atoms with Gasteiger partial charge in [-0.15, -0.1) is 0 Å². The van der Waals surface area contributed by atoms with E-state index < -0.39 is 0 Å². The zero-order chi connectivity index (χ0) is 9.97. The molecule has 0 amide bonds. The quantitative estimate of drug-likeness (QED) is 0.789. The average Bonchev–Trinajstić information content (AvgIpc) is 2.23. The summed E-state index contributed by atoms with van der Waals surface area (Å²) in [5.74, 6) is 0. The van der Waals surface area contributed by atoms with Crippen molar-refractivity contribution in [1.29, 1.82) is 0 Å². The van der Waals surface area contributed by atoms with Gasteiger partial charge in [-0.3, -0.25) is 0 Å². The fourth-order valence-electron chi connectivity index (χ4n) is 1.60. The first-order valence-electron chi connectivity index (χ1n) is 4.48. The molecule has 0 heterocycles. The monoisotopic (exact) mass is 250 g/mol. The average molecular weight is 251 g/mol. The van der Waals surface area contributed by atoms with Gasteiger partial charge in [0.25, 0.3) is 0 Å². The lowest BCUT2D eigenvalue weighted by Gasteiger charge is -2.07. The first kappa shape index (κ1) is 9.69. The Bertz CT molecular complexity index is 451. The van der Waals surface area contributed by atoms with Gasteiger partial charge in [0, 0.05) is 11.6 Å². The van der Waals surface area contributed by atoms with E-state index in [1.165, 1.54) is 16.3 Å². The largest absolute Gasteiger partial charge is 0.380 e. The molecule has 0 fully saturated rings. The van der Waals surface area contributed by atoms with Crippen molar-refractivity contribution in [3.8, 4) is 0 Å². The zero-order valence-corrected chi connectivity index (χ0v) is 9.54. The summed E-state index contributed by atoms with van der Waals surface area (Å²) in [6, 6.07) is 12.5. The highest BCUT2D eigenvalue weighted by Gasteiger charge is 2.04. The number of fused-ring (bicyclic) bond motifs is 1. The van der Waals surface area contributed by atoms with Crippen LogP contribution in [0.5, 0.6) is 0 Å². The van der Waals surface area contributed by atoms with Gasteiger partial charge in [0.2, 0.25) is 0 Å². The number of ether oxygens (including phenoxy) is 1. The van der Waals surface area contributed by atoms with Crippen LogP contribution >= 0.6 is 15.9 Å². The van der Waals surface area contributed by atoms with E-state index in [0.717, 1.165) is 4.47 Å². The lowest BCUT2D eigenvalue weighted by molar-refractivity contribution is 0.185. The summed E-state index contributed by atoms with van der Waals surface area (Å²) < 4.78 is 6.30. The van der Waals surface area contributed by atoms with Crippen LogP contribution in [0, 0.1) is 0 Å². The van der Waals surface area contributed by atoms with Crippen molar-refractivity contribution in [2.75, 3.05) is 7.11 Å². The summed E-state index contributed by atoms with van der Waals surface area (Å²) in [7, 11) is 1.72. The third-order valence-electron chi connectivity index (χ3n) is 2.27. The molecule has 0 bridgehead atoms. The Morgan fingerprint density at radius 2 is 1.93 bits per heavy atom. The number of halogens is 1. The molecule has 2 aromatic carbocycles. The normalized spacial score (nSPS) is 10.7. The van der Waals surface area contributed by atoms with Crippen molar-refractivity contribution in [3.63, 3.8) is 0 Å². The van der Waals surface area contributed by atoms with Crippen molar-refractivity contribution in [1.82, 2.24) is 0 Å². The van der Waals surface area contributed by atoms with E-state index >= 15 is 0 Å². The molecule has 2 heteroatoms. The van der Waals surface area contributed by atoms with E-state index in [1.807, 2.05) is 12.1 Å². The third-order valence-corrected chi connectivity index (χ3v) is 3.02. The summed E-state index contributed by atoms with van der Waals surface area (Å²) in [4.78, 5) is 0. The molecule has 0 N–H and O–H groups in total. The maximum atomic E-state index is 5.19. The molecule has 0 aliphatic heterocycles. The molecule has 0 aliphatic carbocycles. The van der Waals surface area contributed by atoms with E-state index in [9.17, 15) is 0 Å². The van der Waals surface area contributed by atoms with Gasteiger partial charge in [-0.05, 0) is 22.4 Å². The van der Waals surface area contributed by atoms with Crippen LogP contribution < -0.4 is 0 Å². The van der Waals surface area contributed by atoms with Crippen molar-refractivity contribution in [3.05, 3.63) is 46.4 Å². The summed E-state index contributed by atoms with van der Waals surface area (Å²) in [6.45, 7) is 0.641. The molecule has 0 atom stereocenters. The Morgan fingerprint density at radius 1 is 1.14 bits per heavy atom. The molecule has 0 spiro atoms. The van der Waals surface area contributed by atoms with Gasteiger partial charge in [0.05, 0.1) is 6.61 Å². The highest BCUT2D eigenvalue weighted by atomic mass is 79.9. The highest BCUT2D eigenvalue weighted by molar-refractivity contribution is 9.10. The number of methoxy groups -OCH3 is 1. The van der Waals surface area contributed by atoms with Crippen LogP contribution in [0.2, 0.25) is 0 Å². The van der Waals surface area contributed by atoms with Gasteiger partial charge in [-0.2, -0.15) is 0 Å². The Hall–Kier alpha value is -0.860. The highest BCUT2D eigenvalue weighted by Crippen LogP contribution is 2.26. The molecule has 14 heavy (non-hydrogen) atoms. The fourth-order valence-corrected chi connectivity index (χ4v) is 2.06. The Morgan fingerprint density at radius 3 is 2.71 bits per heavy atom. The van der Waals surface area contributed by atoms with Gasteiger partial charge >= 0.3 is 0 Å². The van der Waals surface area contributed by atoms with Crippen molar-refractivity contribution < 1.29 is 4.74 Å². The summed E-state index contributed by atoms with van der Waals surface area (Å²) in [5, 5.41) is 2.51. The molecular formula is C12H11BrO. The predicted octanol–water partition coefficient (Wildman–Crippen LogP) is 3.75. The van der Waals surface area contributed by atoms with E-state index in [4.69, 9.17) is 4.74 Å². The number of hydrogen-bond acceptors (Lipinski definition) is 1. The van der Waals surface area contributed by atoms with Crippen molar-refractivity contribution in [2.45, 2.75) is 6.61 Å². The molecule has 0 aromatic heterocycles. The minimum Gasteiger partial charge on any atom is -0.380 e. The number of rotatable bonds is 2. The molecular weight excluding hydrogens is 240 g/mol.